The molecular weight excluding hydrogens is 346 g/mol. The highest BCUT2D eigenvalue weighted by Gasteiger charge is 2.40. The molecule has 0 aromatic heterocycles. The van der Waals surface area contributed by atoms with Gasteiger partial charge in [-0.1, -0.05) is 12.1 Å². The molecule has 1 heterocycles. The molecule has 130 valence electrons. The quantitative estimate of drug-likeness (QED) is 0.753. The molecule has 1 aliphatic rings. The van der Waals surface area contributed by atoms with E-state index in [-0.39, 0.29) is 23.6 Å². The van der Waals surface area contributed by atoms with E-state index in [1.807, 2.05) is 0 Å². The molecule has 2 aromatic carbocycles. The summed E-state index contributed by atoms with van der Waals surface area (Å²) in [5.41, 5.74) is 0.434. The zero-order valence-corrected chi connectivity index (χ0v) is 14.2. The number of methoxy groups -OCH3 is 1. The number of carbonyl (C=O) groups excluding carboxylic acids is 2. The number of hydrogen-bond acceptors (Lipinski definition) is 6. The average Bonchev–Trinajstić information content (AvgIpc) is 2.82. The maximum absolute atomic E-state index is 12.4. The van der Waals surface area contributed by atoms with Crippen molar-refractivity contribution in [3.8, 4) is 5.75 Å². The summed E-state index contributed by atoms with van der Waals surface area (Å²) in [7, 11) is -2.38. The van der Waals surface area contributed by atoms with Crippen LogP contribution in [0.15, 0.2) is 53.4 Å². The predicted molar refractivity (Wildman–Crippen MR) is 87.9 cm³/mol. The second kappa shape index (κ2) is 6.56. The van der Waals surface area contributed by atoms with Crippen molar-refractivity contribution in [1.29, 1.82) is 0 Å². The maximum Gasteiger partial charge on any atom is 0.338 e. The largest absolute Gasteiger partial charge is 0.497 e. The molecule has 0 bridgehead atoms. The summed E-state index contributed by atoms with van der Waals surface area (Å²) in [4.78, 5) is 24.2. The third-order valence-electron chi connectivity index (χ3n) is 3.77. The highest BCUT2D eigenvalue weighted by atomic mass is 32.2. The van der Waals surface area contributed by atoms with E-state index < -0.39 is 21.9 Å². The lowest BCUT2D eigenvalue weighted by Gasteiger charge is -2.15. The Morgan fingerprint density at radius 3 is 2.40 bits per heavy atom. The molecule has 1 aliphatic heterocycles. The monoisotopic (exact) mass is 361 g/mol. The number of sulfonamides is 1. The Labute approximate surface area is 144 Å². The van der Waals surface area contributed by atoms with Crippen molar-refractivity contribution < 1.29 is 27.5 Å². The molecule has 0 radical (unpaired) electrons. The minimum Gasteiger partial charge on any atom is -0.497 e. The van der Waals surface area contributed by atoms with Gasteiger partial charge in [0.05, 0.1) is 24.8 Å². The van der Waals surface area contributed by atoms with E-state index in [1.165, 1.54) is 31.4 Å². The van der Waals surface area contributed by atoms with E-state index in [9.17, 15) is 18.0 Å². The zero-order valence-electron chi connectivity index (χ0n) is 13.3. The second-order valence-electron chi connectivity index (χ2n) is 5.24. The first-order valence-electron chi connectivity index (χ1n) is 7.42. The van der Waals surface area contributed by atoms with Gasteiger partial charge in [-0.05, 0) is 36.4 Å². The van der Waals surface area contributed by atoms with Crippen molar-refractivity contribution in [2.45, 2.75) is 4.90 Å². The first-order valence-corrected chi connectivity index (χ1v) is 8.86. The van der Waals surface area contributed by atoms with Crippen molar-refractivity contribution in [2.75, 3.05) is 20.3 Å². The third kappa shape index (κ3) is 3.08. The molecule has 0 spiro atoms. The Kier molecular flexibility index (Phi) is 4.45. The van der Waals surface area contributed by atoms with Crippen LogP contribution in [0.3, 0.4) is 0 Å². The summed E-state index contributed by atoms with van der Waals surface area (Å²) in [5, 5.41) is 0. The van der Waals surface area contributed by atoms with Crippen molar-refractivity contribution in [3.05, 3.63) is 59.7 Å². The van der Waals surface area contributed by atoms with Crippen LogP contribution in [-0.2, 0) is 14.8 Å². The van der Waals surface area contributed by atoms with Gasteiger partial charge in [0.1, 0.15) is 17.3 Å². The standard InChI is InChI=1S/C17H15NO6S/c1-23-13-8-6-12(7-9-13)17(20)24-11-10-18-16(19)14-4-2-3-5-15(14)25(18,21)22/h2-9H,10-11H2,1H3. The minimum atomic E-state index is -3.89. The van der Waals surface area contributed by atoms with Gasteiger partial charge < -0.3 is 9.47 Å². The highest BCUT2D eigenvalue weighted by molar-refractivity contribution is 7.90. The Bertz CT molecular complexity index is 920. The van der Waals surface area contributed by atoms with Gasteiger partial charge in [-0.25, -0.2) is 17.5 Å². The summed E-state index contributed by atoms with van der Waals surface area (Å²) < 4.78 is 35.5. The molecule has 0 saturated carbocycles. The van der Waals surface area contributed by atoms with Gasteiger partial charge in [-0.2, -0.15) is 0 Å². The molecule has 2 aromatic rings. The number of ether oxygens (including phenoxy) is 2. The molecule has 1 amide bonds. The topological polar surface area (TPSA) is 90.0 Å². The van der Waals surface area contributed by atoms with Crippen LogP contribution in [-0.4, -0.2) is 44.9 Å². The summed E-state index contributed by atoms with van der Waals surface area (Å²) in [6, 6.07) is 12.3. The smallest absolute Gasteiger partial charge is 0.338 e. The maximum atomic E-state index is 12.4. The number of benzene rings is 2. The average molecular weight is 361 g/mol. The van der Waals surface area contributed by atoms with E-state index >= 15 is 0 Å². The zero-order chi connectivity index (χ0) is 18.0. The molecule has 0 unspecified atom stereocenters. The van der Waals surface area contributed by atoms with E-state index in [2.05, 4.69) is 0 Å². The van der Waals surface area contributed by atoms with Gasteiger partial charge in [0, 0.05) is 0 Å². The lowest BCUT2D eigenvalue weighted by molar-refractivity contribution is 0.0477. The molecule has 0 saturated heterocycles. The normalized spacial score (nSPS) is 14.9. The van der Waals surface area contributed by atoms with Crippen LogP contribution >= 0.6 is 0 Å². The van der Waals surface area contributed by atoms with Crippen LogP contribution in [0.4, 0.5) is 0 Å². The van der Waals surface area contributed by atoms with Crippen molar-refractivity contribution in [1.82, 2.24) is 4.31 Å². The van der Waals surface area contributed by atoms with E-state index in [0.717, 1.165) is 4.31 Å². The van der Waals surface area contributed by atoms with Crippen LogP contribution in [0.1, 0.15) is 20.7 Å². The fourth-order valence-electron chi connectivity index (χ4n) is 2.48. The molecule has 7 nitrogen and oxygen atoms in total. The molecule has 0 atom stereocenters. The number of carbonyl (C=O) groups is 2. The van der Waals surface area contributed by atoms with Crippen molar-refractivity contribution in [3.63, 3.8) is 0 Å². The molecule has 0 fully saturated rings. The van der Waals surface area contributed by atoms with E-state index in [1.54, 1.807) is 24.3 Å². The minimum absolute atomic E-state index is 0.0264. The number of amides is 1. The Hall–Kier alpha value is -2.87. The number of hydrogen-bond donors (Lipinski definition) is 0. The Balaban J connectivity index is 1.64. The van der Waals surface area contributed by atoms with Crippen LogP contribution in [0.25, 0.3) is 0 Å². The van der Waals surface area contributed by atoms with Gasteiger partial charge in [0.15, 0.2) is 0 Å². The fourth-order valence-corrected chi connectivity index (χ4v) is 4.04. The van der Waals surface area contributed by atoms with Crippen molar-refractivity contribution >= 4 is 21.9 Å². The van der Waals surface area contributed by atoms with Crippen LogP contribution < -0.4 is 4.74 Å². The number of nitrogens with zero attached hydrogens (tertiary/aromatic N) is 1. The van der Waals surface area contributed by atoms with E-state index in [4.69, 9.17) is 9.47 Å². The SMILES string of the molecule is COc1ccc(C(=O)OCCN2C(=O)c3ccccc3S2(=O)=O)cc1. The lowest BCUT2D eigenvalue weighted by atomic mass is 10.2. The van der Waals surface area contributed by atoms with Gasteiger partial charge in [-0.15, -0.1) is 0 Å². The predicted octanol–water partition coefficient (Wildman–Crippen LogP) is 1.70. The van der Waals surface area contributed by atoms with Crippen LogP contribution in [0, 0.1) is 0 Å². The van der Waals surface area contributed by atoms with Crippen LogP contribution in [0.5, 0.6) is 5.75 Å². The molecule has 3 rings (SSSR count). The summed E-state index contributed by atoms with van der Waals surface area (Å²) in [6.07, 6.45) is 0. The summed E-state index contributed by atoms with van der Waals surface area (Å²) in [5.74, 6) is -0.622. The first-order chi connectivity index (χ1) is 11.9. The third-order valence-corrected chi connectivity index (χ3v) is 5.61. The molecule has 25 heavy (non-hydrogen) atoms. The van der Waals surface area contributed by atoms with Gasteiger partial charge in [-0.3, -0.25) is 4.79 Å². The number of esters is 1. The van der Waals surface area contributed by atoms with Crippen molar-refractivity contribution in [2.24, 2.45) is 0 Å². The Morgan fingerprint density at radius 2 is 1.76 bits per heavy atom. The van der Waals surface area contributed by atoms with E-state index in [0.29, 0.717) is 11.3 Å². The summed E-state index contributed by atoms with van der Waals surface area (Å²) in [6.45, 7) is -0.471. The number of rotatable bonds is 5. The molecular formula is C17H15NO6S. The summed E-state index contributed by atoms with van der Waals surface area (Å²) >= 11 is 0. The van der Waals surface area contributed by atoms with Gasteiger partial charge in [0.25, 0.3) is 15.9 Å². The highest BCUT2D eigenvalue weighted by Crippen LogP contribution is 2.29. The molecule has 0 N–H and O–H groups in total. The van der Waals surface area contributed by atoms with Gasteiger partial charge >= 0.3 is 5.97 Å². The van der Waals surface area contributed by atoms with Gasteiger partial charge in [0.2, 0.25) is 0 Å². The number of fused-ring (bicyclic) bond motifs is 1. The van der Waals surface area contributed by atoms with Crippen LogP contribution in [0.2, 0.25) is 0 Å². The molecule has 8 heteroatoms. The second-order valence-corrected chi connectivity index (χ2v) is 7.07. The first kappa shape index (κ1) is 17.0. The fraction of sp³-hybridized carbons (Fsp3) is 0.176. The Morgan fingerprint density at radius 1 is 1.08 bits per heavy atom. The lowest BCUT2D eigenvalue weighted by Crippen LogP contribution is -2.33. The molecule has 0 aliphatic carbocycles.